The molecule has 3 amide bonds. The Labute approximate surface area is 242 Å². The molecule has 0 aliphatic carbocycles. The normalized spacial score (nSPS) is 15.1. The van der Waals surface area contributed by atoms with Gasteiger partial charge in [-0.15, -0.1) is 0 Å². The van der Waals surface area contributed by atoms with Crippen molar-refractivity contribution in [3.05, 3.63) is 124 Å². The molecule has 0 bridgehead atoms. The van der Waals surface area contributed by atoms with E-state index in [1.54, 1.807) is 54.9 Å². The summed E-state index contributed by atoms with van der Waals surface area (Å²) < 4.78 is 27.4. The van der Waals surface area contributed by atoms with E-state index >= 15 is 0 Å². The molecule has 208 valence electrons. The molecule has 2 heterocycles. The molecular formula is C30H25ClN4O5S. The van der Waals surface area contributed by atoms with Gasteiger partial charge in [-0.25, -0.2) is 13.1 Å². The number of nitrogens with zero attached hydrogens (tertiary/aromatic N) is 2. The summed E-state index contributed by atoms with van der Waals surface area (Å²) in [5, 5.41) is 3.21. The second-order valence-corrected chi connectivity index (χ2v) is 11.8. The fourth-order valence-corrected chi connectivity index (χ4v) is 5.65. The van der Waals surface area contributed by atoms with Gasteiger partial charge in [0.25, 0.3) is 21.8 Å². The quantitative estimate of drug-likeness (QED) is 0.330. The van der Waals surface area contributed by atoms with Crippen LogP contribution in [-0.4, -0.2) is 42.1 Å². The van der Waals surface area contributed by atoms with Crippen molar-refractivity contribution in [2.75, 3.05) is 5.32 Å². The lowest BCUT2D eigenvalue weighted by Gasteiger charge is -2.29. The highest BCUT2D eigenvalue weighted by molar-refractivity contribution is 7.90. The topological polar surface area (TPSA) is 126 Å². The molecule has 2 N–H and O–H groups in total. The molecule has 0 spiro atoms. The molecule has 1 aliphatic rings. The van der Waals surface area contributed by atoms with Gasteiger partial charge in [-0.2, -0.15) is 0 Å². The van der Waals surface area contributed by atoms with Crippen molar-refractivity contribution in [3.63, 3.8) is 0 Å². The average molecular weight is 589 g/mol. The molecule has 1 aromatic heterocycles. The molecule has 0 radical (unpaired) electrons. The zero-order valence-corrected chi connectivity index (χ0v) is 23.4. The van der Waals surface area contributed by atoms with E-state index < -0.39 is 22.0 Å². The van der Waals surface area contributed by atoms with E-state index in [2.05, 4.69) is 15.0 Å². The highest BCUT2D eigenvalue weighted by Gasteiger charge is 2.35. The van der Waals surface area contributed by atoms with Crippen molar-refractivity contribution >= 4 is 45.0 Å². The van der Waals surface area contributed by atoms with Crippen LogP contribution in [0.3, 0.4) is 0 Å². The minimum atomic E-state index is -4.05. The van der Waals surface area contributed by atoms with Crippen LogP contribution >= 0.6 is 11.6 Å². The second-order valence-electron chi connectivity index (χ2n) is 9.64. The average Bonchev–Trinajstić information content (AvgIpc) is 3.03. The van der Waals surface area contributed by atoms with Gasteiger partial charge in [-0.05, 0) is 66.6 Å². The number of carbonyl (C=O) groups excluding carboxylic acids is 3. The first kappa shape index (κ1) is 28.0. The molecule has 1 atom stereocenters. The Morgan fingerprint density at radius 1 is 1.00 bits per heavy atom. The fraction of sp³-hybridized carbons (Fsp3) is 0.133. The predicted molar refractivity (Wildman–Crippen MR) is 154 cm³/mol. The van der Waals surface area contributed by atoms with Gasteiger partial charge in [0.15, 0.2) is 0 Å². The van der Waals surface area contributed by atoms with Crippen molar-refractivity contribution in [2.24, 2.45) is 0 Å². The Morgan fingerprint density at radius 3 is 2.41 bits per heavy atom. The number of aryl methyl sites for hydroxylation is 1. The first-order valence-electron chi connectivity index (χ1n) is 12.6. The molecule has 3 aromatic carbocycles. The maximum Gasteiger partial charge on any atom is 0.264 e. The van der Waals surface area contributed by atoms with Crippen LogP contribution in [0, 0.1) is 6.92 Å². The maximum absolute atomic E-state index is 13.7. The highest BCUT2D eigenvalue weighted by atomic mass is 35.5. The van der Waals surface area contributed by atoms with E-state index in [1.807, 2.05) is 13.0 Å². The van der Waals surface area contributed by atoms with Crippen LogP contribution in [0.25, 0.3) is 0 Å². The lowest BCUT2D eigenvalue weighted by molar-refractivity contribution is -0.120. The van der Waals surface area contributed by atoms with Crippen molar-refractivity contribution in [1.29, 1.82) is 0 Å². The van der Waals surface area contributed by atoms with Crippen LogP contribution in [0.15, 0.2) is 96.2 Å². The summed E-state index contributed by atoms with van der Waals surface area (Å²) >= 11 is 6.12. The van der Waals surface area contributed by atoms with Crippen molar-refractivity contribution in [2.45, 2.75) is 30.8 Å². The van der Waals surface area contributed by atoms with Crippen molar-refractivity contribution < 1.29 is 22.8 Å². The first-order chi connectivity index (χ1) is 19.6. The summed E-state index contributed by atoms with van der Waals surface area (Å²) in [6.45, 7) is 1.89. The zero-order chi connectivity index (χ0) is 29.1. The van der Waals surface area contributed by atoms with Gasteiger partial charge >= 0.3 is 0 Å². The summed E-state index contributed by atoms with van der Waals surface area (Å²) in [5.41, 5.74) is 3.05. The summed E-state index contributed by atoms with van der Waals surface area (Å²) in [6, 6.07) is 19.7. The van der Waals surface area contributed by atoms with Crippen LogP contribution in [0.5, 0.6) is 0 Å². The van der Waals surface area contributed by atoms with E-state index in [9.17, 15) is 22.8 Å². The molecule has 0 fully saturated rings. The van der Waals surface area contributed by atoms with E-state index in [1.165, 1.54) is 35.2 Å². The summed E-state index contributed by atoms with van der Waals surface area (Å²) in [4.78, 5) is 45.4. The van der Waals surface area contributed by atoms with E-state index in [-0.39, 0.29) is 35.2 Å². The zero-order valence-electron chi connectivity index (χ0n) is 21.9. The minimum absolute atomic E-state index is 0.0211. The summed E-state index contributed by atoms with van der Waals surface area (Å²) in [6.07, 6.45) is 3.49. The fourth-order valence-electron chi connectivity index (χ4n) is 4.50. The summed E-state index contributed by atoms with van der Waals surface area (Å²) in [7, 11) is -4.05. The van der Waals surface area contributed by atoms with Gasteiger partial charge in [-0.3, -0.25) is 19.4 Å². The van der Waals surface area contributed by atoms with Gasteiger partial charge < -0.3 is 10.2 Å². The van der Waals surface area contributed by atoms with Crippen LogP contribution < -0.4 is 10.0 Å². The van der Waals surface area contributed by atoms with E-state index in [0.29, 0.717) is 21.8 Å². The molecule has 1 aliphatic heterocycles. The molecule has 41 heavy (non-hydrogen) atoms. The third kappa shape index (κ3) is 6.29. The molecule has 0 saturated heterocycles. The van der Waals surface area contributed by atoms with Crippen LogP contribution in [0.2, 0.25) is 5.02 Å². The third-order valence-electron chi connectivity index (χ3n) is 6.69. The number of rotatable bonds is 7. The molecule has 11 heteroatoms. The number of aromatic nitrogens is 1. The number of carbonyl (C=O) groups is 3. The Balaban J connectivity index is 1.39. The lowest BCUT2D eigenvalue weighted by atomic mass is 10.0. The number of hydrogen-bond donors (Lipinski definition) is 2. The predicted octanol–water partition coefficient (Wildman–Crippen LogP) is 4.37. The molecule has 1 unspecified atom stereocenters. The molecular weight excluding hydrogens is 564 g/mol. The Bertz CT molecular complexity index is 1730. The van der Waals surface area contributed by atoms with E-state index in [4.69, 9.17) is 11.6 Å². The Morgan fingerprint density at radius 2 is 1.73 bits per heavy atom. The number of benzene rings is 3. The van der Waals surface area contributed by atoms with Gasteiger partial charge in [0.1, 0.15) is 6.04 Å². The van der Waals surface area contributed by atoms with E-state index in [0.717, 1.165) is 11.1 Å². The Kier molecular flexibility index (Phi) is 7.87. The van der Waals surface area contributed by atoms with Crippen LogP contribution in [0.1, 0.15) is 37.4 Å². The van der Waals surface area contributed by atoms with Crippen LogP contribution in [0.4, 0.5) is 5.69 Å². The standard InChI is InChI=1S/C30H25ClN4O5S/c1-19-4-11-24(12-5-19)41(39,40)34-28(36)22-8-6-20(7-9-22)18-35-27(15-21-3-2-14-32-17-21)29(37)33-26-16-23(31)10-13-25(26)30(35)38/h2-14,16-17,27H,15,18H2,1H3,(H,33,37)(H,34,36). The number of anilines is 1. The molecule has 4 aromatic rings. The first-order valence-corrected chi connectivity index (χ1v) is 14.5. The number of halogens is 1. The largest absolute Gasteiger partial charge is 0.323 e. The second kappa shape index (κ2) is 11.5. The lowest BCUT2D eigenvalue weighted by Crippen LogP contribution is -2.46. The number of fused-ring (bicyclic) bond motifs is 1. The number of amides is 3. The van der Waals surface area contributed by atoms with Gasteiger partial charge in [0, 0.05) is 35.9 Å². The summed E-state index contributed by atoms with van der Waals surface area (Å²) in [5.74, 6) is -1.53. The number of hydrogen-bond acceptors (Lipinski definition) is 6. The smallest absolute Gasteiger partial charge is 0.264 e. The monoisotopic (exact) mass is 588 g/mol. The minimum Gasteiger partial charge on any atom is -0.323 e. The molecule has 5 rings (SSSR count). The molecule has 0 saturated carbocycles. The van der Waals surface area contributed by atoms with Gasteiger partial charge in [0.2, 0.25) is 5.91 Å². The van der Waals surface area contributed by atoms with Gasteiger partial charge in [-0.1, -0.05) is 47.5 Å². The molecule has 9 nitrogen and oxygen atoms in total. The SMILES string of the molecule is Cc1ccc(S(=O)(=O)NC(=O)c2ccc(CN3C(=O)c4ccc(Cl)cc4NC(=O)C3Cc3cccnc3)cc2)cc1. The number of pyridine rings is 1. The third-order valence-corrected chi connectivity index (χ3v) is 8.27. The Hall–Kier alpha value is -4.54. The number of sulfonamides is 1. The number of nitrogens with one attached hydrogen (secondary N) is 2. The van der Waals surface area contributed by atoms with Crippen LogP contribution in [-0.2, 0) is 27.8 Å². The van der Waals surface area contributed by atoms with Crippen molar-refractivity contribution in [1.82, 2.24) is 14.6 Å². The van der Waals surface area contributed by atoms with Gasteiger partial charge in [0.05, 0.1) is 16.1 Å². The maximum atomic E-state index is 13.7. The van der Waals surface area contributed by atoms with Crippen molar-refractivity contribution in [3.8, 4) is 0 Å². The highest BCUT2D eigenvalue weighted by Crippen LogP contribution is 2.29.